The fraction of sp³-hybridized carbons (Fsp3) is 0.600. The SMILES string of the molecule is O[C@@H]1CCC[C@@H](c2[c]occ2)C1. The number of hydrogen-bond donors (Lipinski definition) is 1. The van der Waals surface area contributed by atoms with Crippen LogP contribution in [-0.4, -0.2) is 11.2 Å². The molecule has 2 nitrogen and oxygen atoms in total. The molecule has 0 aliphatic heterocycles. The van der Waals surface area contributed by atoms with Crippen LogP contribution in [0.4, 0.5) is 0 Å². The lowest BCUT2D eigenvalue weighted by molar-refractivity contribution is 0.119. The minimum absolute atomic E-state index is 0.118. The molecule has 1 fully saturated rings. The van der Waals surface area contributed by atoms with E-state index < -0.39 is 0 Å². The van der Waals surface area contributed by atoms with Crippen LogP contribution < -0.4 is 0 Å². The van der Waals surface area contributed by atoms with Gasteiger partial charge in [-0.2, -0.15) is 0 Å². The van der Waals surface area contributed by atoms with Crippen LogP contribution in [0.15, 0.2) is 16.7 Å². The summed E-state index contributed by atoms with van der Waals surface area (Å²) < 4.78 is 4.90. The highest BCUT2D eigenvalue weighted by atomic mass is 16.3. The zero-order chi connectivity index (χ0) is 8.39. The summed E-state index contributed by atoms with van der Waals surface area (Å²) in [5.74, 6) is 0.465. The predicted octanol–water partition coefficient (Wildman–Crippen LogP) is 2.10. The average Bonchev–Trinajstić information content (AvgIpc) is 2.56. The third-order valence-electron chi connectivity index (χ3n) is 2.58. The van der Waals surface area contributed by atoms with Gasteiger partial charge < -0.3 is 9.52 Å². The Hall–Kier alpha value is -0.760. The topological polar surface area (TPSA) is 33.4 Å². The minimum atomic E-state index is -0.118. The number of rotatable bonds is 1. The molecule has 1 aliphatic carbocycles. The zero-order valence-corrected chi connectivity index (χ0v) is 6.99. The molecule has 1 aromatic rings. The smallest absolute Gasteiger partial charge is 0.172 e. The second-order valence-electron chi connectivity index (χ2n) is 3.50. The fourth-order valence-corrected chi connectivity index (χ4v) is 1.91. The van der Waals surface area contributed by atoms with Gasteiger partial charge in [0.25, 0.3) is 0 Å². The highest BCUT2D eigenvalue weighted by molar-refractivity contribution is 5.12. The number of aliphatic hydroxyl groups is 1. The molecule has 0 bridgehead atoms. The van der Waals surface area contributed by atoms with Crippen molar-refractivity contribution in [2.24, 2.45) is 0 Å². The Bertz CT molecular complexity index is 228. The first-order chi connectivity index (χ1) is 5.86. The average molecular weight is 165 g/mol. The monoisotopic (exact) mass is 165 g/mol. The van der Waals surface area contributed by atoms with E-state index in [2.05, 4.69) is 6.26 Å². The molecule has 1 aromatic heterocycles. The molecule has 1 heterocycles. The van der Waals surface area contributed by atoms with E-state index in [4.69, 9.17) is 4.42 Å². The molecule has 2 atom stereocenters. The minimum Gasteiger partial charge on any atom is -0.461 e. The van der Waals surface area contributed by atoms with Crippen LogP contribution in [0, 0.1) is 6.26 Å². The van der Waals surface area contributed by atoms with E-state index in [-0.39, 0.29) is 6.10 Å². The molecule has 0 aromatic carbocycles. The van der Waals surface area contributed by atoms with E-state index in [0.717, 1.165) is 31.2 Å². The highest BCUT2D eigenvalue weighted by Gasteiger charge is 2.22. The van der Waals surface area contributed by atoms with E-state index >= 15 is 0 Å². The normalized spacial score (nSPS) is 30.4. The quantitative estimate of drug-likeness (QED) is 0.691. The summed E-state index contributed by atoms with van der Waals surface area (Å²) >= 11 is 0. The molecule has 0 spiro atoms. The van der Waals surface area contributed by atoms with Crippen molar-refractivity contribution in [3.05, 3.63) is 24.2 Å². The largest absolute Gasteiger partial charge is 0.461 e. The van der Waals surface area contributed by atoms with Gasteiger partial charge in [0, 0.05) is 5.56 Å². The molecule has 1 N–H and O–H groups in total. The molecule has 12 heavy (non-hydrogen) atoms. The Morgan fingerprint density at radius 3 is 3.08 bits per heavy atom. The van der Waals surface area contributed by atoms with Crippen LogP contribution in [0.1, 0.15) is 37.2 Å². The molecule has 1 saturated carbocycles. The lowest BCUT2D eigenvalue weighted by atomic mass is 9.84. The van der Waals surface area contributed by atoms with Crippen molar-refractivity contribution < 1.29 is 9.52 Å². The molecular formula is C10H13O2. The van der Waals surface area contributed by atoms with Crippen molar-refractivity contribution in [2.75, 3.05) is 0 Å². The Morgan fingerprint density at radius 2 is 2.42 bits per heavy atom. The van der Waals surface area contributed by atoms with Gasteiger partial charge in [-0.05, 0) is 31.2 Å². The molecule has 65 valence electrons. The second kappa shape index (κ2) is 3.31. The van der Waals surface area contributed by atoms with Crippen LogP contribution in [0.2, 0.25) is 0 Å². The first kappa shape index (κ1) is 7.87. The van der Waals surface area contributed by atoms with Crippen molar-refractivity contribution >= 4 is 0 Å². The van der Waals surface area contributed by atoms with Gasteiger partial charge in [-0.25, -0.2) is 0 Å². The lowest BCUT2D eigenvalue weighted by Gasteiger charge is -2.24. The number of hydrogen-bond acceptors (Lipinski definition) is 2. The van der Waals surface area contributed by atoms with Gasteiger partial charge in [0.1, 0.15) is 0 Å². The summed E-state index contributed by atoms with van der Waals surface area (Å²) in [6.45, 7) is 0. The first-order valence-electron chi connectivity index (χ1n) is 4.49. The molecule has 1 radical (unpaired) electrons. The summed E-state index contributed by atoms with van der Waals surface area (Å²) in [7, 11) is 0. The Labute approximate surface area is 72.2 Å². The van der Waals surface area contributed by atoms with E-state index in [9.17, 15) is 5.11 Å². The van der Waals surface area contributed by atoms with Gasteiger partial charge in [-0.3, -0.25) is 0 Å². The van der Waals surface area contributed by atoms with E-state index in [1.54, 1.807) is 6.26 Å². The highest BCUT2D eigenvalue weighted by Crippen LogP contribution is 2.32. The maximum atomic E-state index is 9.43. The molecular weight excluding hydrogens is 152 g/mol. The van der Waals surface area contributed by atoms with Crippen LogP contribution in [-0.2, 0) is 0 Å². The van der Waals surface area contributed by atoms with Crippen LogP contribution in [0.3, 0.4) is 0 Å². The van der Waals surface area contributed by atoms with Crippen LogP contribution in [0.25, 0.3) is 0 Å². The maximum Gasteiger partial charge on any atom is 0.172 e. The molecule has 0 unspecified atom stereocenters. The maximum absolute atomic E-state index is 9.43. The summed E-state index contributed by atoms with van der Waals surface area (Å²) in [6.07, 6.45) is 8.47. The Kier molecular flexibility index (Phi) is 2.17. The predicted molar refractivity (Wildman–Crippen MR) is 44.8 cm³/mol. The molecule has 0 amide bonds. The van der Waals surface area contributed by atoms with Gasteiger partial charge in [0.05, 0.1) is 12.4 Å². The summed E-state index contributed by atoms with van der Waals surface area (Å²) in [4.78, 5) is 0. The molecule has 2 rings (SSSR count). The summed E-state index contributed by atoms with van der Waals surface area (Å²) in [5, 5.41) is 9.43. The number of furan rings is 1. The van der Waals surface area contributed by atoms with Gasteiger partial charge >= 0.3 is 0 Å². The standard InChI is InChI=1S/C10H13O2/c11-10-3-1-2-8(6-10)9-4-5-12-7-9/h4-5,8,10-11H,1-3,6H2/t8-,10-/m1/s1. The first-order valence-corrected chi connectivity index (χ1v) is 4.49. The van der Waals surface area contributed by atoms with E-state index in [0.29, 0.717) is 5.92 Å². The van der Waals surface area contributed by atoms with Gasteiger partial charge in [-0.15, -0.1) is 0 Å². The third-order valence-corrected chi connectivity index (χ3v) is 2.58. The van der Waals surface area contributed by atoms with Gasteiger partial charge in [-0.1, -0.05) is 6.42 Å². The fourth-order valence-electron chi connectivity index (χ4n) is 1.91. The third kappa shape index (κ3) is 1.53. The zero-order valence-electron chi connectivity index (χ0n) is 6.99. The Morgan fingerprint density at radius 1 is 1.50 bits per heavy atom. The van der Waals surface area contributed by atoms with Crippen molar-refractivity contribution in [3.63, 3.8) is 0 Å². The Balaban J connectivity index is 2.04. The van der Waals surface area contributed by atoms with E-state index in [1.807, 2.05) is 6.07 Å². The lowest BCUT2D eigenvalue weighted by Crippen LogP contribution is -2.17. The van der Waals surface area contributed by atoms with Crippen LogP contribution >= 0.6 is 0 Å². The van der Waals surface area contributed by atoms with Crippen molar-refractivity contribution in [2.45, 2.75) is 37.7 Å². The summed E-state index contributed by atoms with van der Waals surface area (Å²) in [6, 6.07) is 1.95. The van der Waals surface area contributed by atoms with Gasteiger partial charge in [0.2, 0.25) is 0 Å². The van der Waals surface area contributed by atoms with E-state index in [1.165, 1.54) is 0 Å². The van der Waals surface area contributed by atoms with Crippen molar-refractivity contribution in [1.29, 1.82) is 0 Å². The van der Waals surface area contributed by atoms with Crippen LogP contribution in [0.5, 0.6) is 0 Å². The second-order valence-corrected chi connectivity index (χ2v) is 3.50. The molecule has 2 heteroatoms. The molecule has 1 aliphatic rings. The molecule has 0 saturated heterocycles. The number of aliphatic hydroxyl groups excluding tert-OH is 1. The summed E-state index contributed by atoms with van der Waals surface area (Å²) in [5.41, 5.74) is 1.12. The van der Waals surface area contributed by atoms with Gasteiger partial charge in [0.15, 0.2) is 6.26 Å². The van der Waals surface area contributed by atoms with Crippen molar-refractivity contribution in [1.82, 2.24) is 0 Å². The van der Waals surface area contributed by atoms with Crippen molar-refractivity contribution in [3.8, 4) is 0 Å².